The van der Waals surface area contributed by atoms with Crippen LogP contribution in [0.3, 0.4) is 0 Å². The molecular formula is C13H16N2OS. The van der Waals surface area contributed by atoms with Gasteiger partial charge in [-0.2, -0.15) is 0 Å². The summed E-state index contributed by atoms with van der Waals surface area (Å²) in [6.45, 7) is 2.89. The minimum atomic E-state index is 0.0456. The second-order valence-electron chi connectivity index (χ2n) is 4.67. The number of nitrogens with one attached hydrogen (secondary N) is 2. The molecule has 1 saturated heterocycles. The summed E-state index contributed by atoms with van der Waals surface area (Å²) in [5.74, 6) is 1.75. The van der Waals surface area contributed by atoms with Gasteiger partial charge in [0.1, 0.15) is 0 Å². The van der Waals surface area contributed by atoms with Crippen LogP contribution in [-0.2, 0) is 4.79 Å². The van der Waals surface area contributed by atoms with Gasteiger partial charge in [-0.3, -0.25) is 4.79 Å². The van der Waals surface area contributed by atoms with E-state index in [2.05, 4.69) is 22.8 Å². The molecule has 3 nitrogen and oxygen atoms in total. The number of hydrogen-bond acceptors (Lipinski definition) is 3. The minimum absolute atomic E-state index is 0.0456. The van der Waals surface area contributed by atoms with Crippen LogP contribution in [0, 0.1) is 5.92 Å². The smallest absolute Gasteiger partial charge is 0.228 e. The number of rotatable bonds is 3. The lowest BCUT2D eigenvalue weighted by atomic mass is 9.99. The third kappa shape index (κ3) is 2.19. The molecule has 1 fully saturated rings. The van der Waals surface area contributed by atoms with E-state index in [1.807, 2.05) is 12.1 Å². The summed E-state index contributed by atoms with van der Waals surface area (Å²) < 4.78 is 0. The molecule has 1 aromatic carbocycles. The highest BCUT2D eigenvalue weighted by molar-refractivity contribution is 7.99. The fraction of sp³-hybridized carbons (Fsp3) is 0.462. The van der Waals surface area contributed by atoms with Crippen molar-refractivity contribution >= 4 is 17.7 Å². The van der Waals surface area contributed by atoms with Gasteiger partial charge in [0.15, 0.2) is 0 Å². The average Bonchev–Trinajstić information content (AvgIpc) is 2.70. The maximum absolute atomic E-state index is 12.1. The van der Waals surface area contributed by atoms with Gasteiger partial charge >= 0.3 is 0 Å². The maximum Gasteiger partial charge on any atom is 0.228 e. The van der Waals surface area contributed by atoms with E-state index in [0.717, 1.165) is 25.4 Å². The number of fused-ring (bicyclic) bond motifs is 1. The molecule has 1 amide bonds. The zero-order valence-electron chi connectivity index (χ0n) is 9.61. The molecule has 0 saturated carbocycles. The zero-order valence-corrected chi connectivity index (χ0v) is 10.4. The molecule has 1 aromatic rings. The Balaban J connectivity index is 1.63. The van der Waals surface area contributed by atoms with Gasteiger partial charge in [-0.1, -0.05) is 18.2 Å². The Hall–Kier alpha value is -1.00. The highest BCUT2D eigenvalue weighted by atomic mass is 32.2. The molecular weight excluding hydrogens is 232 g/mol. The van der Waals surface area contributed by atoms with Crippen molar-refractivity contribution in [3.8, 4) is 0 Å². The Morgan fingerprint density at radius 2 is 2.24 bits per heavy atom. The number of carbonyl (C=O) groups excluding carboxylic acids is 1. The molecule has 0 aliphatic carbocycles. The van der Waals surface area contributed by atoms with Crippen LogP contribution in [0.2, 0.25) is 0 Å². The first-order chi connectivity index (χ1) is 8.34. The lowest BCUT2D eigenvalue weighted by Gasteiger charge is -2.27. The van der Waals surface area contributed by atoms with E-state index >= 15 is 0 Å². The van der Waals surface area contributed by atoms with Gasteiger partial charge in [0.25, 0.3) is 0 Å². The Kier molecular flexibility index (Phi) is 3.07. The van der Waals surface area contributed by atoms with Gasteiger partial charge in [0.05, 0.1) is 5.92 Å². The van der Waals surface area contributed by atoms with Gasteiger partial charge < -0.3 is 10.6 Å². The Morgan fingerprint density at radius 1 is 1.41 bits per heavy atom. The van der Waals surface area contributed by atoms with Crippen LogP contribution in [0.25, 0.3) is 0 Å². The van der Waals surface area contributed by atoms with Crippen molar-refractivity contribution in [1.82, 2.24) is 10.6 Å². The Labute approximate surface area is 105 Å². The minimum Gasteiger partial charge on any atom is -0.355 e. The normalized spacial score (nSPS) is 22.9. The van der Waals surface area contributed by atoms with Crippen molar-refractivity contribution < 1.29 is 4.79 Å². The molecule has 0 radical (unpaired) electrons. The number of hydrogen-bond donors (Lipinski definition) is 2. The van der Waals surface area contributed by atoms with Crippen LogP contribution in [0.15, 0.2) is 29.2 Å². The van der Waals surface area contributed by atoms with Crippen LogP contribution in [0.4, 0.5) is 0 Å². The number of carbonyl (C=O) groups is 1. The molecule has 2 aliphatic heterocycles. The van der Waals surface area contributed by atoms with Crippen LogP contribution in [0.5, 0.6) is 0 Å². The molecule has 90 valence electrons. The number of amides is 1. The predicted molar refractivity (Wildman–Crippen MR) is 69.3 cm³/mol. The van der Waals surface area contributed by atoms with Crippen molar-refractivity contribution in [1.29, 1.82) is 0 Å². The second-order valence-corrected chi connectivity index (χ2v) is 5.73. The summed E-state index contributed by atoms with van der Waals surface area (Å²) in [5.41, 5.74) is 1.20. The molecule has 3 rings (SSSR count). The van der Waals surface area contributed by atoms with Crippen molar-refractivity contribution in [3.63, 3.8) is 0 Å². The highest BCUT2D eigenvalue weighted by Crippen LogP contribution is 2.39. The summed E-state index contributed by atoms with van der Waals surface area (Å²) in [5, 5.41) is 6.29. The topological polar surface area (TPSA) is 41.1 Å². The summed E-state index contributed by atoms with van der Waals surface area (Å²) in [6, 6.07) is 8.22. The Morgan fingerprint density at radius 3 is 3.00 bits per heavy atom. The third-order valence-electron chi connectivity index (χ3n) is 3.45. The fourth-order valence-electron chi connectivity index (χ4n) is 2.24. The van der Waals surface area contributed by atoms with Gasteiger partial charge in [-0.15, -0.1) is 11.8 Å². The predicted octanol–water partition coefficient (Wildman–Crippen LogP) is 1.21. The number of benzene rings is 1. The molecule has 0 aromatic heterocycles. The molecule has 1 unspecified atom stereocenters. The van der Waals surface area contributed by atoms with E-state index in [1.54, 1.807) is 11.8 Å². The molecule has 17 heavy (non-hydrogen) atoms. The van der Waals surface area contributed by atoms with E-state index in [-0.39, 0.29) is 11.8 Å². The molecule has 2 aliphatic rings. The van der Waals surface area contributed by atoms with Crippen LogP contribution >= 0.6 is 11.8 Å². The standard InChI is InChI=1S/C13H16N2OS/c16-13(15-7-9-5-14-6-9)11-8-17-12-4-2-1-3-10(11)12/h1-4,9,11,14H,5-8H2,(H,15,16). The summed E-state index contributed by atoms with van der Waals surface area (Å²) in [6.07, 6.45) is 0. The summed E-state index contributed by atoms with van der Waals surface area (Å²) in [4.78, 5) is 13.4. The fourth-order valence-corrected chi connectivity index (χ4v) is 3.47. The molecule has 2 heterocycles. The van der Waals surface area contributed by atoms with E-state index in [0.29, 0.717) is 5.92 Å². The summed E-state index contributed by atoms with van der Waals surface area (Å²) >= 11 is 1.79. The molecule has 4 heteroatoms. The lowest BCUT2D eigenvalue weighted by Crippen LogP contribution is -2.48. The zero-order chi connectivity index (χ0) is 11.7. The quantitative estimate of drug-likeness (QED) is 0.845. The first-order valence-corrected chi connectivity index (χ1v) is 7.03. The second kappa shape index (κ2) is 4.70. The van der Waals surface area contributed by atoms with Crippen molar-refractivity contribution in [2.45, 2.75) is 10.8 Å². The van der Waals surface area contributed by atoms with Crippen LogP contribution < -0.4 is 10.6 Å². The third-order valence-corrected chi connectivity index (χ3v) is 4.63. The van der Waals surface area contributed by atoms with Crippen molar-refractivity contribution in [3.05, 3.63) is 29.8 Å². The summed E-state index contributed by atoms with van der Waals surface area (Å²) in [7, 11) is 0. The molecule has 0 bridgehead atoms. The monoisotopic (exact) mass is 248 g/mol. The Bertz CT molecular complexity index is 431. The first-order valence-electron chi connectivity index (χ1n) is 6.05. The van der Waals surface area contributed by atoms with Crippen LogP contribution in [0.1, 0.15) is 11.5 Å². The average molecular weight is 248 g/mol. The van der Waals surface area contributed by atoms with Crippen LogP contribution in [-0.4, -0.2) is 31.3 Å². The highest BCUT2D eigenvalue weighted by Gasteiger charge is 2.29. The van der Waals surface area contributed by atoms with Crippen molar-refractivity contribution in [2.24, 2.45) is 5.92 Å². The van der Waals surface area contributed by atoms with Gasteiger partial charge in [-0.25, -0.2) is 0 Å². The van der Waals surface area contributed by atoms with E-state index in [4.69, 9.17) is 0 Å². The molecule has 0 spiro atoms. The van der Waals surface area contributed by atoms with E-state index in [1.165, 1.54) is 10.5 Å². The molecule has 1 atom stereocenters. The first kappa shape index (κ1) is 11.1. The molecule has 2 N–H and O–H groups in total. The lowest BCUT2D eigenvalue weighted by molar-refractivity contribution is -0.122. The van der Waals surface area contributed by atoms with E-state index in [9.17, 15) is 4.79 Å². The van der Waals surface area contributed by atoms with Gasteiger partial charge in [0.2, 0.25) is 5.91 Å². The largest absolute Gasteiger partial charge is 0.355 e. The number of thioether (sulfide) groups is 1. The maximum atomic E-state index is 12.1. The SMILES string of the molecule is O=C(NCC1CNC1)C1CSc2ccccc21. The van der Waals surface area contributed by atoms with Crippen molar-refractivity contribution in [2.75, 3.05) is 25.4 Å². The van der Waals surface area contributed by atoms with Gasteiger partial charge in [-0.05, 0) is 11.6 Å². The van der Waals surface area contributed by atoms with E-state index < -0.39 is 0 Å². The van der Waals surface area contributed by atoms with Gasteiger partial charge in [0, 0.05) is 36.2 Å².